The summed E-state index contributed by atoms with van der Waals surface area (Å²) < 4.78 is 5.19. The molecule has 0 radical (unpaired) electrons. The molecule has 1 saturated carbocycles. The van der Waals surface area contributed by atoms with Crippen LogP contribution >= 0.6 is 0 Å². The maximum absolute atomic E-state index is 11.8. The van der Waals surface area contributed by atoms with Crippen LogP contribution < -0.4 is 5.73 Å². The first-order valence-electron chi connectivity index (χ1n) is 6.00. The number of aryl methyl sites for hydroxylation is 1. The fraction of sp³-hybridized carbons (Fsp3) is 0.500. The Morgan fingerprint density at radius 2 is 2.00 bits per heavy atom. The number of rotatable bonds is 3. The average molecular weight is 233 g/mol. The average Bonchev–Trinajstić information content (AvgIpc) is 2.92. The number of esters is 1. The summed E-state index contributed by atoms with van der Waals surface area (Å²) in [7, 11) is 0. The van der Waals surface area contributed by atoms with Gasteiger partial charge in [0.05, 0.1) is 6.10 Å². The van der Waals surface area contributed by atoms with Gasteiger partial charge in [-0.1, -0.05) is 29.8 Å². The van der Waals surface area contributed by atoms with E-state index in [9.17, 15) is 4.79 Å². The molecular weight excluding hydrogens is 214 g/mol. The van der Waals surface area contributed by atoms with E-state index in [0.29, 0.717) is 6.42 Å². The van der Waals surface area contributed by atoms with Gasteiger partial charge in [-0.2, -0.15) is 0 Å². The molecule has 3 nitrogen and oxygen atoms in total. The fourth-order valence-electron chi connectivity index (χ4n) is 2.04. The molecule has 1 aromatic carbocycles. The number of benzene rings is 1. The van der Waals surface area contributed by atoms with Crippen molar-refractivity contribution in [3.8, 4) is 0 Å². The highest BCUT2D eigenvalue weighted by molar-refractivity contribution is 5.86. The molecule has 92 valence electrons. The fourth-order valence-corrected chi connectivity index (χ4v) is 2.04. The van der Waals surface area contributed by atoms with Crippen LogP contribution in [-0.2, 0) is 9.53 Å². The third-order valence-corrected chi connectivity index (χ3v) is 3.21. The van der Waals surface area contributed by atoms with Crippen molar-refractivity contribution in [3.05, 3.63) is 35.4 Å². The van der Waals surface area contributed by atoms with Crippen LogP contribution in [0.5, 0.6) is 0 Å². The topological polar surface area (TPSA) is 52.3 Å². The van der Waals surface area contributed by atoms with Crippen LogP contribution in [0.15, 0.2) is 24.3 Å². The number of nitrogens with two attached hydrogens (primary N) is 1. The van der Waals surface area contributed by atoms with E-state index in [0.717, 1.165) is 5.56 Å². The lowest BCUT2D eigenvalue weighted by atomic mass is 10.1. The molecule has 0 saturated heterocycles. The summed E-state index contributed by atoms with van der Waals surface area (Å²) in [5, 5.41) is 0. The van der Waals surface area contributed by atoms with Crippen molar-refractivity contribution in [2.45, 2.75) is 44.8 Å². The van der Waals surface area contributed by atoms with Crippen molar-refractivity contribution >= 4 is 5.97 Å². The van der Waals surface area contributed by atoms with Crippen LogP contribution in [0.4, 0.5) is 0 Å². The zero-order chi connectivity index (χ0) is 12.6. The van der Waals surface area contributed by atoms with Crippen LogP contribution in [-0.4, -0.2) is 17.6 Å². The van der Waals surface area contributed by atoms with Gasteiger partial charge in [0.2, 0.25) is 0 Å². The van der Waals surface area contributed by atoms with E-state index < -0.39 is 5.54 Å². The molecule has 2 unspecified atom stereocenters. The summed E-state index contributed by atoms with van der Waals surface area (Å²) in [6.45, 7) is 5.72. The Morgan fingerprint density at radius 3 is 2.53 bits per heavy atom. The summed E-state index contributed by atoms with van der Waals surface area (Å²) in [4.78, 5) is 11.8. The molecule has 1 aliphatic carbocycles. The Morgan fingerprint density at radius 1 is 1.41 bits per heavy atom. The normalized spacial score (nSPS) is 27.0. The number of carbonyl (C=O) groups is 1. The van der Waals surface area contributed by atoms with Crippen molar-refractivity contribution < 1.29 is 9.53 Å². The van der Waals surface area contributed by atoms with Gasteiger partial charge in [0.25, 0.3) is 0 Å². The van der Waals surface area contributed by atoms with Crippen LogP contribution in [0.25, 0.3) is 0 Å². The molecule has 0 amide bonds. The Hall–Kier alpha value is -1.35. The minimum atomic E-state index is -0.806. The first kappa shape index (κ1) is 12.1. The molecule has 0 heterocycles. The Balaban J connectivity index is 2.08. The van der Waals surface area contributed by atoms with Gasteiger partial charge in [-0.25, -0.2) is 0 Å². The van der Waals surface area contributed by atoms with Crippen LogP contribution in [0, 0.1) is 6.92 Å². The molecule has 0 bridgehead atoms. The highest BCUT2D eigenvalue weighted by atomic mass is 16.5. The van der Waals surface area contributed by atoms with Crippen LogP contribution in [0.1, 0.15) is 37.3 Å². The highest BCUT2D eigenvalue weighted by Crippen LogP contribution is 2.50. The van der Waals surface area contributed by atoms with E-state index in [1.807, 2.05) is 45.0 Å². The predicted molar refractivity (Wildman–Crippen MR) is 66.7 cm³/mol. The number of carbonyl (C=O) groups excluding carboxylic acids is 1. The molecule has 2 N–H and O–H groups in total. The van der Waals surface area contributed by atoms with E-state index in [2.05, 4.69) is 0 Å². The summed E-state index contributed by atoms with van der Waals surface area (Å²) in [5.41, 5.74) is 7.61. The quantitative estimate of drug-likeness (QED) is 0.814. The minimum absolute atomic E-state index is 0.106. The smallest absolute Gasteiger partial charge is 0.327 e. The predicted octanol–water partition coefficient (Wildman–Crippen LogP) is 2.13. The minimum Gasteiger partial charge on any atom is -0.462 e. The Labute approximate surface area is 102 Å². The maximum Gasteiger partial charge on any atom is 0.327 e. The molecule has 17 heavy (non-hydrogen) atoms. The molecule has 1 fully saturated rings. The van der Waals surface area contributed by atoms with Crippen molar-refractivity contribution in [2.24, 2.45) is 5.73 Å². The second kappa shape index (κ2) is 4.15. The van der Waals surface area contributed by atoms with Crippen LogP contribution in [0.3, 0.4) is 0 Å². The van der Waals surface area contributed by atoms with Crippen molar-refractivity contribution in [3.63, 3.8) is 0 Å². The number of hydrogen-bond acceptors (Lipinski definition) is 3. The third kappa shape index (κ3) is 2.34. The van der Waals surface area contributed by atoms with E-state index in [-0.39, 0.29) is 18.0 Å². The van der Waals surface area contributed by atoms with Gasteiger partial charge in [0, 0.05) is 5.92 Å². The molecule has 2 atom stereocenters. The van der Waals surface area contributed by atoms with Gasteiger partial charge in [-0.3, -0.25) is 4.79 Å². The lowest BCUT2D eigenvalue weighted by Crippen LogP contribution is -2.37. The van der Waals surface area contributed by atoms with Gasteiger partial charge < -0.3 is 10.5 Å². The second-order valence-corrected chi connectivity index (χ2v) is 5.16. The van der Waals surface area contributed by atoms with Crippen LogP contribution in [0.2, 0.25) is 0 Å². The van der Waals surface area contributed by atoms with E-state index in [1.165, 1.54) is 5.56 Å². The summed E-state index contributed by atoms with van der Waals surface area (Å²) in [6, 6.07) is 8.16. The molecule has 2 rings (SSSR count). The highest BCUT2D eigenvalue weighted by Gasteiger charge is 2.59. The van der Waals surface area contributed by atoms with Gasteiger partial charge in [-0.15, -0.1) is 0 Å². The zero-order valence-electron chi connectivity index (χ0n) is 10.6. The first-order chi connectivity index (χ1) is 7.93. The van der Waals surface area contributed by atoms with Gasteiger partial charge in [-0.05, 0) is 32.8 Å². The monoisotopic (exact) mass is 233 g/mol. The number of ether oxygens (including phenoxy) is 1. The third-order valence-electron chi connectivity index (χ3n) is 3.21. The Bertz CT molecular complexity index is 424. The standard InChI is InChI=1S/C14H19NO2/c1-9(2)17-13(16)14(15)8-12(14)11-6-4-10(3)5-7-11/h4-7,9,12H,8,15H2,1-3H3. The van der Waals surface area contributed by atoms with Gasteiger partial charge in [0.15, 0.2) is 0 Å². The molecule has 0 aromatic heterocycles. The summed E-state index contributed by atoms with van der Waals surface area (Å²) in [5.74, 6) is -0.174. The lowest BCUT2D eigenvalue weighted by molar-refractivity contribution is -0.150. The van der Waals surface area contributed by atoms with E-state index in [1.54, 1.807) is 0 Å². The number of hydrogen-bond donors (Lipinski definition) is 1. The molecule has 3 heteroatoms. The summed E-state index contributed by atoms with van der Waals surface area (Å²) in [6.07, 6.45) is 0.573. The van der Waals surface area contributed by atoms with E-state index >= 15 is 0 Å². The van der Waals surface area contributed by atoms with Crippen molar-refractivity contribution in [1.29, 1.82) is 0 Å². The summed E-state index contributed by atoms with van der Waals surface area (Å²) >= 11 is 0. The Kier molecular flexibility index (Phi) is 2.96. The molecular formula is C14H19NO2. The van der Waals surface area contributed by atoms with Crippen molar-refractivity contribution in [2.75, 3.05) is 0 Å². The zero-order valence-corrected chi connectivity index (χ0v) is 10.6. The molecule has 0 aliphatic heterocycles. The first-order valence-corrected chi connectivity index (χ1v) is 6.00. The second-order valence-electron chi connectivity index (χ2n) is 5.16. The molecule has 0 spiro atoms. The molecule has 1 aromatic rings. The van der Waals surface area contributed by atoms with Crippen molar-refractivity contribution in [1.82, 2.24) is 0 Å². The molecule has 1 aliphatic rings. The van der Waals surface area contributed by atoms with Gasteiger partial charge >= 0.3 is 5.97 Å². The maximum atomic E-state index is 11.8. The lowest BCUT2D eigenvalue weighted by Gasteiger charge is -2.14. The SMILES string of the molecule is Cc1ccc(C2CC2(N)C(=O)OC(C)C)cc1. The van der Waals surface area contributed by atoms with E-state index in [4.69, 9.17) is 10.5 Å². The largest absolute Gasteiger partial charge is 0.462 e. The van der Waals surface area contributed by atoms with Gasteiger partial charge in [0.1, 0.15) is 5.54 Å².